The van der Waals surface area contributed by atoms with E-state index in [1.165, 1.54) is 7.11 Å². The molecule has 2 aromatic rings. The van der Waals surface area contributed by atoms with Gasteiger partial charge in [0.05, 0.1) is 12.6 Å². The molecular formula is C11H10ClNO3S. The van der Waals surface area contributed by atoms with Crippen LogP contribution in [0.4, 0.5) is 0 Å². The Morgan fingerprint density at radius 1 is 1.24 bits per heavy atom. The molecule has 0 atom stereocenters. The minimum Gasteiger partial charge on any atom is -0.495 e. The standard InChI is InChI=1S/C11H10ClNO3S/c1-7-3-4-8-9(13-7)5-6-10(16-2)11(8)17(12,14)15/h3-6H,1-2H3. The number of hydrogen-bond acceptors (Lipinski definition) is 4. The van der Waals surface area contributed by atoms with Crippen molar-refractivity contribution in [1.29, 1.82) is 0 Å². The summed E-state index contributed by atoms with van der Waals surface area (Å²) in [5.41, 5.74) is 1.38. The zero-order valence-corrected chi connectivity index (χ0v) is 10.8. The van der Waals surface area contributed by atoms with Crippen LogP contribution < -0.4 is 4.74 Å². The van der Waals surface area contributed by atoms with E-state index in [1.54, 1.807) is 24.3 Å². The molecular weight excluding hydrogens is 262 g/mol. The molecule has 1 aromatic heterocycles. The zero-order chi connectivity index (χ0) is 12.6. The van der Waals surface area contributed by atoms with Crippen molar-refractivity contribution in [3.8, 4) is 5.75 Å². The molecule has 0 bridgehead atoms. The van der Waals surface area contributed by atoms with Gasteiger partial charge < -0.3 is 4.74 Å². The van der Waals surface area contributed by atoms with Gasteiger partial charge in [0.15, 0.2) is 0 Å². The average Bonchev–Trinajstić information content (AvgIpc) is 2.25. The van der Waals surface area contributed by atoms with E-state index in [0.29, 0.717) is 10.9 Å². The number of methoxy groups -OCH3 is 1. The van der Waals surface area contributed by atoms with E-state index in [-0.39, 0.29) is 10.6 Å². The van der Waals surface area contributed by atoms with E-state index in [9.17, 15) is 8.42 Å². The first-order chi connectivity index (χ1) is 7.93. The maximum absolute atomic E-state index is 11.6. The summed E-state index contributed by atoms with van der Waals surface area (Å²) in [6, 6.07) is 6.65. The number of halogens is 1. The quantitative estimate of drug-likeness (QED) is 0.788. The van der Waals surface area contributed by atoms with Crippen LogP contribution in [0.1, 0.15) is 5.69 Å². The second-order valence-corrected chi connectivity index (χ2v) is 6.06. The number of ether oxygens (including phenoxy) is 1. The van der Waals surface area contributed by atoms with Crippen LogP contribution >= 0.6 is 10.7 Å². The Bertz CT molecular complexity index is 682. The first-order valence-electron chi connectivity index (χ1n) is 4.82. The molecule has 1 heterocycles. The molecule has 0 N–H and O–H groups in total. The van der Waals surface area contributed by atoms with Gasteiger partial charge >= 0.3 is 0 Å². The summed E-state index contributed by atoms with van der Waals surface area (Å²) < 4.78 is 28.2. The van der Waals surface area contributed by atoms with Crippen LogP contribution in [0.25, 0.3) is 10.9 Å². The molecule has 0 amide bonds. The van der Waals surface area contributed by atoms with Gasteiger partial charge in [-0.3, -0.25) is 4.98 Å². The van der Waals surface area contributed by atoms with Crippen molar-refractivity contribution >= 4 is 30.6 Å². The lowest BCUT2D eigenvalue weighted by molar-refractivity contribution is 0.404. The number of pyridine rings is 1. The minimum atomic E-state index is -3.88. The Hall–Kier alpha value is -1.33. The van der Waals surface area contributed by atoms with Gasteiger partial charge in [-0.15, -0.1) is 0 Å². The van der Waals surface area contributed by atoms with E-state index in [0.717, 1.165) is 5.69 Å². The van der Waals surface area contributed by atoms with Crippen LogP contribution in [0.15, 0.2) is 29.2 Å². The SMILES string of the molecule is COc1ccc2nc(C)ccc2c1S(=O)(=O)Cl. The molecule has 6 heteroatoms. The van der Waals surface area contributed by atoms with Crippen molar-refractivity contribution in [2.75, 3.05) is 7.11 Å². The van der Waals surface area contributed by atoms with E-state index >= 15 is 0 Å². The molecule has 17 heavy (non-hydrogen) atoms. The summed E-state index contributed by atoms with van der Waals surface area (Å²) in [7, 11) is 2.95. The van der Waals surface area contributed by atoms with Gasteiger partial charge in [-0.05, 0) is 31.2 Å². The normalized spacial score (nSPS) is 11.7. The number of aromatic nitrogens is 1. The molecule has 0 unspecified atom stereocenters. The number of hydrogen-bond donors (Lipinski definition) is 0. The highest BCUT2D eigenvalue weighted by atomic mass is 35.7. The maximum atomic E-state index is 11.6. The summed E-state index contributed by atoms with van der Waals surface area (Å²) in [4.78, 5) is 4.21. The zero-order valence-electron chi connectivity index (χ0n) is 9.27. The summed E-state index contributed by atoms with van der Waals surface area (Å²) in [5.74, 6) is 0.221. The lowest BCUT2D eigenvalue weighted by atomic mass is 10.2. The number of nitrogens with zero attached hydrogens (tertiary/aromatic N) is 1. The van der Waals surface area contributed by atoms with Crippen molar-refractivity contribution < 1.29 is 13.2 Å². The van der Waals surface area contributed by atoms with Crippen molar-refractivity contribution in [2.24, 2.45) is 0 Å². The second kappa shape index (κ2) is 4.16. The van der Waals surface area contributed by atoms with Crippen LogP contribution in [-0.2, 0) is 9.05 Å². The second-order valence-electron chi connectivity index (χ2n) is 3.55. The van der Waals surface area contributed by atoms with Gasteiger partial charge in [0.1, 0.15) is 10.6 Å². The molecule has 0 spiro atoms. The highest BCUT2D eigenvalue weighted by Gasteiger charge is 2.20. The van der Waals surface area contributed by atoms with Crippen molar-refractivity contribution in [1.82, 2.24) is 4.98 Å². The Labute approximate surface area is 104 Å². The fraction of sp³-hybridized carbons (Fsp3) is 0.182. The predicted molar refractivity (Wildman–Crippen MR) is 66.1 cm³/mol. The van der Waals surface area contributed by atoms with Crippen molar-refractivity contribution in [3.63, 3.8) is 0 Å². The predicted octanol–water partition coefficient (Wildman–Crippen LogP) is 2.48. The first-order valence-corrected chi connectivity index (χ1v) is 7.13. The molecule has 0 saturated carbocycles. The van der Waals surface area contributed by atoms with Gasteiger partial charge in [0, 0.05) is 21.8 Å². The van der Waals surface area contributed by atoms with Crippen LogP contribution in [0, 0.1) is 6.92 Å². The third-order valence-electron chi connectivity index (χ3n) is 2.39. The molecule has 0 fully saturated rings. The summed E-state index contributed by atoms with van der Waals surface area (Å²) in [6.07, 6.45) is 0. The number of fused-ring (bicyclic) bond motifs is 1. The van der Waals surface area contributed by atoms with Gasteiger partial charge in [0.25, 0.3) is 9.05 Å². The molecule has 0 saturated heterocycles. The van der Waals surface area contributed by atoms with E-state index < -0.39 is 9.05 Å². The fourth-order valence-corrected chi connectivity index (χ4v) is 2.98. The van der Waals surface area contributed by atoms with Crippen LogP contribution in [0.5, 0.6) is 5.75 Å². The van der Waals surface area contributed by atoms with Gasteiger partial charge in [-0.1, -0.05) is 0 Å². The Morgan fingerprint density at radius 3 is 2.53 bits per heavy atom. The smallest absolute Gasteiger partial charge is 0.265 e. The minimum absolute atomic E-state index is 0.0355. The average molecular weight is 272 g/mol. The summed E-state index contributed by atoms with van der Waals surface area (Å²) >= 11 is 0. The number of benzene rings is 1. The Morgan fingerprint density at radius 2 is 1.94 bits per heavy atom. The molecule has 2 rings (SSSR count). The highest BCUT2D eigenvalue weighted by Crippen LogP contribution is 2.33. The summed E-state index contributed by atoms with van der Waals surface area (Å²) in [5, 5.41) is 0.463. The van der Waals surface area contributed by atoms with Crippen LogP contribution in [0.3, 0.4) is 0 Å². The van der Waals surface area contributed by atoms with E-state index in [1.807, 2.05) is 6.92 Å². The number of aryl methyl sites for hydroxylation is 1. The van der Waals surface area contributed by atoms with Gasteiger partial charge in [0.2, 0.25) is 0 Å². The topological polar surface area (TPSA) is 56.3 Å². The van der Waals surface area contributed by atoms with Crippen molar-refractivity contribution in [3.05, 3.63) is 30.0 Å². The monoisotopic (exact) mass is 271 g/mol. The van der Waals surface area contributed by atoms with Crippen LogP contribution in [0.2, 0.25) is 0 Å². The molecule has 0 radical (unpaired) electrons. The third-order valence-corrected chi connectivity index (χ3v) is 3.76. The first kappa shape index (κ1) is 12.1. The molecule has 90 valence electrons. The maximum Gasteiger partial charge on any atom is 0.265 e. The van der Waals surface area contributed by atoms with Gasteiger partial charge in [-0.2, -0.15) is 0 Å². The summed E-state index contributed by atoms with van der Waals surface area (Å²) in [6.45, 7) is 1.83. The van der Waals surface area contributed by atoms with E-state index in [4.69, 9.17) is 15.4 Å². The third kappa shape index (κ3) is 2.21. The lowest BCUT2D eigenvalue weighted by Crippen LogP contribution is -1.98. The largest absolute Gasteiger partial charge is 0.495 e. The van der Waals surface area contributed by atoms with Crippen LogP contribution in [-0.4, -0.2) is 20.5 Å². The Balaban J connectivity index is 2.94. The number of rotatable bonds is 2. The van der Waals surface area contributed by atoms with Gasteiger partial charge in [-0.25, -0.2) is 8.42 Å². The lowest BCUT2D eigenvalue weighted by Gasteiger charge is -2.09. The highest BCUT2D eigenvalue weighted by molar-refractivity contribution is 8.14. The molecule has 1 aromatic carbocycles. The molecule has 0 aliphatic heterocycles. The fourth-order valence-electron chi connectivity index (χ4n) is 1.67. The van der Waals surface area contributed by atoms with E-state index in [2.05, 4.69) is 4.98 Å². The Kier molecular flexibility index (Phi) is 2.97. The molecule has 4 nitrogen and oxygen atoms in total. The molecule has 0 aliphatic rings. The van der Waals surface area contributed by atoms with Crippen molar-refractivity contribution in [2.45, 2.75) is 11.8 Å². The molecule has 0 aliphatic carbocycles.